The van der Waals surface area contributed by atoms with Crippen LogP contribution in [-0.4, -0.2) is 56.0 Å². The van der Waals surface area contributed by atoms with Gasteiger partial charge in [-0.05, 0) is 28.7 Å². The number of anilines is 1. The van der Waals surface area contributed by atoms with Crippen LogP contribution in [0.3, 0.4) is 0 Å². The van der Waals surface area contributed by atoms with Gasteiger partial charge in [0, 0.05) is 50.7 Å². The van der Waals surface area contributed by atoms with E-state index in [0.29, 0.717) is 0 Å². The van der Waals surface area contributed by atoms with E-state index in [2.05, 4.69) is 93.0 Å². The molecule has 0 aliphatic carbocycles. The fourth-order valence-electron chi connectivity index (χ4n) is 4.93. The molecule has 1 N–H and O–H groups in total. The Balaban J connectivity index is 1.17. The molecule has 0 atom stereocenters. The van der Waals surface area contributed by atoms with Crippen LogP contribution in [0.4, 0.5) is 5.69 Å². The molecule has 0 radical (unpaired) electrons. The maximum Gasteiger partial charge on any atom is 0.138 e. The number of aromatic nitrogens is 5. The van der Waals surface area contributed by atoms with Gasteiger partial charge in [0.2, 0.25) is 0 Å². The van der Waals surface area contributed by atoms with Crippen LogP contribution in [-0.2, 0) is 12.0 Å². The smallest absolute Gasteiger partial charge is 0.138 e. The van der Waals surface area contributed by atoms with E-state index >= 15 is 0 Å². The van der Waals surface area contributed by atoms with Gasteiger partial charge in [-0.25, -0.2) is 4.98 Å². The Labute approximate surface area is 211 Å². The van der Waals surface area contributed by atoms with Crippen molar-refractivity contribution in [2.45, 2.75) is 32.7 Å². The summed E-state index contributed by atoms with van der Waals surface area (Å²) in [5, 5.41) is 0. The molecule has 3 aromatic heterocycles. The highest BCUT2D eigenvalue weighted by Crippen LogP contribution is 2.30. The lowest BCUT2D eigenvalue weighted by Crippen LogP contribution is -2.46. The van der Waals surface area contributed by atoms with Gasteiger partial charge in [-0.2, -0.15) is 0 Å². The number of imidazole rings is 1. The lowest BCUT2D eigenvalue weighted by molar-refractivity contribution is 0.250. The molecule has 6 rings (SSSR count). The zero-order valence-corrected chi connectivity index (χ0v) is 21.1. The van der Waals surface area contributed by atoms with Gasteiger partial charge in [0.15, 0.2) is 0 Å². The first-order valence-corrected chi connectivity index (χ1v) is 12.6. The summed E-state index contributed by atoms with van der Waals surface area (Å²) in [6, 6.07) is 15.1. The summed E-state index contributed by atoms with van der Waals surface area (Å²) in [5.41, 5.74) is 8.77. The first kappa shape index (κ1) is 22.6. The van der Waals surface area contributed by atoms with Crippen molar-refractivity contribution in [3.8, 4) is 11.4 Å². The number of fused-ring (bicyclic) bond motifs is 2. The molecule has 1 fully saturated rings. The van der Waals surface area contributed by atoms with Gasteiger partial charge in [0.25, 0.3) is 0 Å². The van der Waals surface area contributed by atoms with Crippen LogP contribution in [0.5, 0.6) is 0 Å². The second kappa shape index (κ2) is 8.99. The summed E-state index contributed by atoms with van der Waals surface area (Å²) in [5.74, 6) is 0.887. The Hall–Kier alpha value is -3.84. The quantitative estimate of drug-likeness (QED) is 0.384. The minimum absolute atomic E-state index is 0.133. The van der Waals surface area contributed by atoms with Crippen molar-refractivity contribution in [1.82, 2.24) is 29.8 Å². The molecule has 36 heavy (non-hydrogen) atoms. The van der Waals surface area contributed by atoms with Crippen molar-refractivity contribution in [2.75, 3.05) is 31.1 Å². The van der Waals surface area contributed by atoms with Gasteiger partial charge >= 0.3 is 0 Å². The van der Waals surface area contributed by atoms with E-state index in [1.165, 1.54) is 11.1 Å². The molecule has 0 saturated carbocycles. The first-order valence-electron chi connectivity index (χ1n) is 12.6. The minimum Gasteiger partial charge on any atom is -0.366 e. The van der Waals surface area contributed by atoms with Crippen LogP contribution < -0.4 is 4.90 Å². The first-order chi connectivity index (χ1) is 17.4. The monoisotopic (exact) mass is 477 g/mol. The average Bonchev–Trinajstić information content (AvgIpc) is 3.33. The number of rotatable bonds is 4. The molecular weight excluding hydrogens is 446 g/mol. The van der Waals surface area contributed by atoms with Crippen LogP contribution in [0.2, 0.25) is 0 Å². The Morgan fingerprint density at radius 2 is 1.61 bits per heavy atom. The molecule has 1 aliphatic rings. The van der Waals surface area contributed by atoms with Crippen LogP contribution in [0.1, 0.15) is 31.9 Å². The van der Waals surface area contributed by atoms with Crippen molar-refractivity contribution in [1.29, 1.82) is 0 Å². The van der Waals surface area contributed by atoms with Gasteiger partial charge in [-0.15, -0.1) is 0 Å². The van der Waals surface area contributed by atoms with Crippen LogP contribution in [0.25, 0.3) is 33.5 Å². The third-order valence-electron chi connectivity index (χ3n) is 7.05. The molecule has 0 unspecified atom stereocenters. The second-order valence-electron chi connectivity index (χ2n) is 10.6. The van der Waals surface area contributed by atoms with Gasteiger partial charge in [0.05, 0.1) is 34.6 Å². The molecule has 0 amide bonds. The SMILES string of the molecule is CC(C)(C)c1ccc(-c2nc3c(N4CCN(Cc5ccc6nccnc6c5)CC4)cncc3[nH]2)cc1. The van der Waals surface area contributed by atoms with E-state index in [1.807, 2.05) is 12.4 Å². The van der Waals surface area contributed by atoms with Crippen molar-refractivity contribution >= 4 is 27.8 Å². The molecule has 1 aliphatic heterocycles. The summed E-state index contributed by atoms with van der Waals surface area (Å²) in [7, 11) is 0. The van der Waals surface area contributed by atoms with Crippen LogP contribution in [0, 0.1) is 0 Å². The standard InChI is InChI=1S/C29H31N7/c1-29(2,3)22-7-5-21(6-8-22)28-33-25-17-30-18-26(27(25)34-28)36-14-12-35(13-15-36)19-20-4-9-23-24(16-20)32-11-10-31-23/h4-11,16-18H,12-15,19H2,1-3H3,(H,33,34). The lowest BCUT2D eigenvalue weighted by atomic mass is 9.87. The fraction of sp³-hybridized carbons (Fsp3) is 0.310. The molecular formula is C29H31N7. The molecule has 1 saturated heterocycles. The number of benzene rings is 2. The zero-order valence-electron chi connectivity index (χ0n) is 21.1. The van der Waals surface area contributed by atoms with E-state index in [-0.39, 0.29) is 5.41 Å². The van der Waals surface area contributed by atoms with Crippen molar-refractivity contribution in [3.05, 3.63) is 78.4 Å². The lowest BCUT2D eigenvalue weighted by Gasteiger charge is -2.36. The normalized spacial score (nSPS) is 15.1. The molecule has 182 valence electrons. The van der Waals surface area contributed by atoms with Crippen molar-refractivity contribution in [3.63, 3.8) is 0 Å². The predicted molar refractivity (Wildman–Crippen MR) is 145 cm³/mol. The molecule has 0 bridgehead atoms. The average molecular weight is 478 g/mol. The number of piperazine rings is 1. The Kier molecular flexibility index (Phi) is 5.64. The van der Waals surface area contributed by atoms with Crippen molar-refractivity contribution in [2.24, 2.45) is 0 Å². The van der Waals surface area contributed by atoms with Gasteiger partial charge in [-0.3, -0.25) is 19.9 Å². The number of aromatic amines is 1. The fourth-order valence-corrected chi connectivity index (χ4v) is 4.93. The number of hydrogen-bond acceptors (Lipinski definition) is 6. The number of nitrogens with one attached hydrogen (secondary N) is 1. The van der Waals surface area contributed by atoms with Gasteiger partial charge in [-0.1, -0.05) is 51.1 Å². The summed E-state index contributed by atoms with van der Waals surface area (Å²) in [6.45, 7) is 11.5. The highest BCUT2D eigenvalue weighted by atomic mass is 15.3. The van der Waals surface area contributed by atoms with E-state index < -0.39 is 0 Å². The van der Waals surface area contributed by atoms with Gasteiger partial charge < -0.3 is 9.88 Å². The highest BCUT2D eigenvalue weighted by molar-refractivity contribution is 5.90. The molecule has 4 heterocycles. The molecule has 5 aromatic rings. The third kappa shape index (κ3) is 4.42. The number of hydrogen-bond donors (Lipinski definition) is 1. The number of H-pyrrole nitrogens is 1. The molecule has 0 spiro atoms. The Morgan fingerprint density at radius 1 is 0.861 bits per heavy atom. The molecule has 2 aromatic carbocycles. The Bertz CT molecular complexity index is 1510. The summed E-state index contributed by atoms with van der Waals surface area (Å²) in [4.78, 5) is 26.7. The van der Waals surface area contributed by atoms with Crippen molar-refractivity contribution < 1.29 is 0 Å². The van der Waals surface area contributed by atoms with Gasteiger partial charge in [0.1, 0.15) is 11.3 Å². The molecule has 7 nitrogen and oxygen atoms in total. The molecule has 7 heteroatoms. The maximum atomic E-state index is 5.00. The summed E-state index contributed by atoms with van der Waals surface area (Å²) in [6.07, 6.45) is 7.31. The van der Waals surface area contributed by atoms with Crippen LogP contribution in [0.15, 0.2) is 67.3 Å². The number of pyridine rings is 1. The van der Waals surface area contributed by atoms with E-state index in [4.69, 9.17) is 4.98 Å². The maximum absolute atomic E-state index is 5.00. The largest absolute Gasteiger partial charge is 0.366 e. The Morgan fingerprint density at radius 3 is 2.36 bits per heavy atom. The third-order valence-corrected chi connectivity index (χ3v) is 7.05. The summed E-state index contributed by atoms with van der Waals surface area (Å²) < 4.78 is 0. The minimum atomic E-state index is 0.133. The van der Waals surface area contributed by atoms with Crippen LogP contribution >= 0.6 is 0 Å². The number of nitrogens with zero attached hydrogens (tertiary/aromatic N) is 6. The zero-order chi connectivity index (χ0) is 24.7. The van der Waals surface area contributed by atoms with E-state index in [0.717, 1.165) is 71.9 Å². The highest BCUT2D eigenvalue weighted by Gasteiger charge is 2.21. The predicted octanol–water partition coefficient (Wildman–Crippen LogP) is 5.19. The second-order valence-corrected chi connectivity index (χ2v) is 10.6. The van der Waals surface area contributed by atoms with E-state index in [1.54, 1.807) is 12.4 Å². The summed E-state index contributed by atoms with van der Waals surface area (Å²) >= 11 is 0. The van der Waals surface area contributed by atoms with E-state index in [9.17, 15) is 0 Å². The topological polar surface area (TPSA) is 73.8 Å².